The molecule has 1 aromatic heterocycles. The summed E-state index contributed by atoms with van der Waals surface area (Å²) in [5, 5.41) is 9.55. The first-order chi connectivity index (χ1) is 8.28. The minimum absolute atomic E-state index is 0.336. The molecule has 0 N–H and O–H groups in total. The molecule has 3 nitrogen and oxygen atoms in total. The van der Waals surface area contributed by atoms with Crippen molar-refractivity contribution in [2.75, 3.05) is 0 Å². The molecule has 0 spiro atoms. The van der Waals surface area contributed by atoms with Gasteiger partial charge in [0.1, 0.15) is 12.1 Å². The lowest BCUT2D eigenvalue weighted by molar-refractivity contribution is 0.626. The van der Waals surface area contributed by atoms with Gasteiger partial charge < -0.3 is 0 Å². The Morgan fingerprint density at radius 2 is 2.24 bits per heavy atom. The Hall–Kier alpha value is -1.93. The smallest absolute Gasteiger partial charge is 0.124 e. The molecule has 0 aliphatic heterocycles. The van der Waals surface area contributed by atoms with Gasteiger partial charge in [-0.25, -0.2) is 14.4 Å². The van der Waals surface area contributed by atoms with E-state index in [4.69, 9.17) is 5.26 Å². The molecule has 0 atom stereocenters. The van der Waals surface area contributed by atoms with Gasteiger partial charge >= 0.3 is 0 Å². The van der Waals surface area contributed by atoms with E-state index in [-0.39, 0.29) is 5.82 Å². The predicted octanol–water partition coefficient (Wildman–Crippen LogP) is 2.78. The van der Waals surface area contributed by atoms with E-state index in [0.29, 0.717) is 11.3 Å². The van der Waals surface area contributed by atoms with Gasteiger partial charge in [-0.2, -0.15) is 5.26 Å². The summed E-state index contributed by atoms with van der Waals surface area (Å²) >= 11 is 1.47. The molecule has 0 bridgehead atoms. The fourth-order valence-corrected chi connectivity index (χ4v) is 2.08. The first kappa shape index (κ1) is 11.6. The topological polar surface area (TPSA) is 49.6 Å². The van der Waals surface area contributed by atoms with Crippen molar-refractivity contribution in [1.82, 2.24) is 9.97 Å². The summed E-state index contributed by atoms with van der Waals surface area (Å²) in [5.74, 6) is 0.186. The first-order valence-corrected chi connectivity index (χ1v) is 5.85. The summed E-state index contributed by atoms with van der Waals surface area (Å²) in [6.45, 7) is 0. The Labute approximate surface area is 102 Å². The highest BCUT2D eigenvalue weighted by Crippen LogP contribution is 2.21. The number of hydrogen-bond donors (Lipinski definition) is 0. The van der Waals surface area contributed by atoms with E-state index < -0.39 is 0 Å². The molecule has 1 heterocycles. The maximum Gasteiger partial charge on any atom is 0.124 e. The van der Waals surface area contributed by atoms with Crippen LogP contribution in [0.5, 0.6) is 0 Å². The maximum atomic E-state index is 13.2. The third kappa shape index (κ3) is 3.26. The number of nitriles is 1. The van der Waals surface area contributed by atoms with Crippen LogP contribution in [-0.4, -0.2) is 9.97 Å². The zero-order chi connectivity index (χ0) is 12.1. The first-order valence-electron chi connectivity index (χ1n) is 4.86. The van der Waals surface area contributed by atoms with Crippen LogP contribution in [0.25, 0.3) is 0 Å². The van der Waals surface area contributed by atoms with Crippen molar-refractivity contribution in [2.24, 2.45) is 0 Å². The normalized spacial score (nSPS) is 9.88. The molecular formula is C12H8FN3S. The minimum Gasteiger partial charge on any atom is -0.245 e. The van der Waals surface area contributed by atoms with E-state index in [0.717, 1.165) is 10.6 Å². The number of hydrogen-bond acceptors (Lipinski definition) is 4. The van der Waals surface area contributed by atoms with Crippen molar-refractivity contribution in [2.45, 2.75) is 10.8 Å². The molecule has 84 valence electrons. The number of rotatable bonds is 3. The van der Waals surface area contributed by atoms with Gasteiger partial charge in [-0.05, 0) is 29.8 Å². The van der Waals surface area contributed by atoms with Crippen LogP contribution < -0.4 is 0 Å². The molecule has 0 saturated heterocycles. The lowest BCUT2D eigenvalue weighted by atomic mass is 10.1. The fraction of sp³-hybridized carbons (Fsp3) is 0.0833. The second-order valence-electron chi connectivity index (χ2n) is 3.30. The molecule has 0 fully saturated rings. The number of benzene rings is 1. The maximum absolute atomic E-state index is 13.2. The third-order valence-corrected chi connectivity index (χ3v) is 3.04. The quantitative estimate of drug-likeness (QED) is 0.616. The molecule has 2 rings (SSSR count). The molecule has 0 amide bonds. The Morgan fingerprint density at radius 1 is 1.35 bits per heavy atom. The number of halogens is 1. The highest BCUT2D eigenvalue weighted by Gasteiger charge is 2.02. The van der Waals surface area contributed by atoms with Crippen LogP contribution in [0, 0.1) is 17.1 Å². The van der Waals surface area contributed by atoms with Crippen LogP contribution in [0.4, 0.5) is 4.39 Å². The molecule has 0 saturated carbocycles. The molecule has 1 aromatic carbocycles. The van der Waals surface area contributed by atoms with Crippen LogP contribution in [0.2, 0.25) is 0 Å². The summed E-state index contributed by atoms with van der Waals surface area (Å²) in [6.07, 6.45) is 3.12. The van der Waals surface area contributed by atoms with E-state index in [2.05, 4.69) is 9.97 Å². The predicted molar refractivity (Wildman–Crippen MR) is 62.7 cm³/mol. The van der Waals surface area contributed by atoms with E-state index in [1.807, 2.05) is 6.07 Å². The summed E-state index contributed by atoms with van der Waals surface area (Å²) in [5.41, 5.74) is 1.11. The van der Waals surface area contributed by atoms with Crippen molar-refractivity contribution in [1.29, 1.82) is 5.26 Å². The molecule has 2 aromatic rings. The van der Waals surface area contributed by atoms with Gasteiger partial charge in [0.05, 0.1) is 16.7 Å². The fourth-order valence-electron chi connectivity index (χ4n) is 1.32. The van der Waals surface area contributed by atoms with Gasteiger partial charge in [-0.3, -0.25) is 0 Å². The van der Waals surface area contributed by atoms with Crippen molar-refractivity contribution in [3.05, 3.63) is 53.7 Å². The SMILES string of the molecule is N#Cc1cc(F)cc(CSc2ccncn2)c1. The highest BCUT2D eigenvalue weighted by molar-refractivity contribution is 7.98. The summed E-state index contributed by atoms with van der Waals surface area (Å²) in [6, 6.07) is 8.04. The summed E-state index contributed by atoms with van der Waals surface area (Å²) in [7, 11) is 0. The molecule has 5 heteroatoms. The minimum atomic E-state index is -0.387. The standard InChI is InChI=1S/C12H8FN3S/c13-11-4-9(6-14)3-10(5-11)7-17-12-1-2-15-8-16-12/h1-5,8H,7H2. The van der Waals surface area contributed by atoms with Gasteiger partial charge in [-0.1, -0.05) is 0 Å². The molecule has 0 aliphatic carbocycles. The van der Waals surface area contributed by atoms with Crippen molar-refractivity contribution < 1.29 is 4.39 Å². The van der Waals surface area contributed by atoms with Crippen molar-refractivity contribution in [3.63, 3.8) is 0 Å². The molecule has 17 heavy (non-hydrogen) atoms. The second-order valence-corrected chi connectivity index (χ2v) is 4.29. The Kier molecular flexibility index (Phi) is 3.68. The monoisotopic (exact) mass is 245 g/mol. The zero-order valence-corrected chi connectivity index (χ0v) is 9.62. The average molecular weight is 245 g/mol. The van der Waals surface area contributed by atoms with E-state index >= 15 is 0 Å². The number of nitrogens with zero attached hydrogens (tertiary/aromatic N) is 3. The summed E-state index contributed by atoms with van der Waals surface area (Å²) < 4.78 is 13.2. The molecule has 0 radical (unpaired) electrons. The third-order valence-electron chi connectivity index (χ3n) is 2.03. The lowest BCUT2D eigenvalue weighted by Gasteiger charge is -2.02. The van der Waals surface area contributed by atoms with Crippen LogP contribution in [0.15, 0.2) is 41.8 Å². The molecule has 0 unspecified atom stereocenters. The van der Waals surface area contributed by atoms with Gasteiger partial charge in [0.2, 0.25) is 0 Å². The highest BCUT2D eigenvalue weighted by atomic mass is 32.2. The summed E-state index contributed by atoms with van der Waals surface area (Å²) in [4.78, 5) is 7.87. The second kappa shape index (κ2) is 5.41. The van der Waals surface area contributed by atoms with Crippen LogP contribution in [-0.2, 0) is 5.75 Å². The Balaban J connectivity index is 2.10. The van der Waals surface area contributed by atoms with Crippen LogP contribution in [0.1, 0.15) is 11.1 Å². The Bertz CT molecular complexity index is 551. The van der Waals surface area contributed by atoms with Crippen molar-refractivity contribution >= 4 is 11.8 Å². The van der Waals surface area contributed by atoms with Gasteiger partial charge in [0.15, 0.2) is 0 Å². The molecular weight excluding hydrogens is 237 g/mol. The van der Waals surface area contributed by atoms with Gasteiger partial charge in [-0.15, -0.1) is 11.8 Å². The number of aromatic nitrogens is 2. The van der Waals surface area contributed by atoms with Crippen LogP contribution in [0.3, 0.4) is 0 Å². The van der Waals surface area contributed by atoms with E-state index in [9.17, 15) is 4.39 Å². The van der Waals surface area contributed by atoms with E-state index in [1.165, 1.54) is 30.2 Å². The largest absolute Gasteiger partial charge is 0.245 e. The number of thioether (sulfide) groups is 1. The van der Waals surface area contributed by atoms with Crippen molar-refractivity contribution in [3.8, 4) is 6.07 Å². The van der Waals surface area contributed by atoms with E-state index in [1.54, 1.807) is 18.3 Å². The average Bonchev–Trinajstić information content (AvgIpc) is 2.37. The Morgan fingerprint density at radius 3 is 2.94 bits per heavy atom. The van der Waals surface area contributed by atoms with Gasteiger partial charge in [0.25, 0.3) is 0 Å². The van der Waals surface area contributed by atoms with Crippen LogP contribution >= 0.6 is 11.8 Å². The zero-order valence-electron chi connectivity index (χ0n) is 8.80. The lowest BCUT2D eigenvalue weighted by Crippen LogP contribution is -1.87. The molecule has 0 aliphatic rings. The van der Waals surface area contributed by atoms with Gasteiger partial charge in [0, 0.05) is 11.9 Å².